The third-order valence-corrected chi connectivity index (χ3v) is 26.1. The minimum atomic E-state index is 0.953. The highest BCUT2D eigenvalue weighted by Crippen LogP contribution is 2.50. The zero-order valence-electron chi connectivity index (χ0n) is 69.9. The van der Waals surface area contributed by atoms with Crippen molar-refractivity contribution in [2.75, 3.05) is 0 Å². The molecule has 2 heterocycles. The number of benzene rings is 19. The number of aromatic nitrogens is 2. The molecule has 0 aliphatic heterocycles. The van der Waals surface area contributed by atoms with Crippen LogP contribution in [0.4, 0.5) is 0 Å². The molecule has 576 valence electrons. The second-order valence-electron chi connectivity index (χ2n) is 33.2. The molecule has 0 radical (unpaired) electrons. The van der Waals surface area contributed by atoms with Crippen LogP contribution in [-0.4, -0.2) is 9.13 Å². The first kappa shape index (κ1) is 74.6. The fraction of sp³-hybridized carbons (Fsp3) is 0.102. The minimum absolute atomic E-state index is 0.953. The Labute approximate surface area is 704 Å². The van der Waals surface area contributed by atoms with E-state index in [4.69, 9.17) is 0 Å². The van der Waals surface area contributed by atoms with Crippen molar-refractivity contribution in [1.29, 1.82) is 0 Å². The van der Waals surface area contributed by atoms with Crippen molar-refractivity contribution in [3.63, 3.8) is 0 Å². The van der Waals surface area contributed by atoms with Crippen molar-refractivity contribution in [2.45, 2.75) is 82.3 Å². The molecule has 0 unspecified atom stereocenters. The Morgan fingerprint density at radius 2 is 0.308 bits per heavy atom. The van der Waals surface area contributed by atoms with Crippen molar-refractivity contribution in [1.82, 2.24) is 9.13 Å². The van der Waals surface area contributed by atoms with Gasteiger partial charge in [0.2, 0.25) is 0 Å². The summed E-state index contributed by atoms with van der Waals surface area (Å²) in [6, 6.07) is 136. The standard InChI is InChI=1S/C62H49N.C56H45N/c1-6-63-59-15-11-10-14-53(59)54-38-52(32-33-60(54)63)49-22-20-46(21-23-49)48-26-30-51(31-27-48)62-57-36-41(4)39(2)34-55(57)61(56-35-40(3)42(5)37-58(56)62)50-28-24-47(25-29-50)45-18-16-44(17-19-45)43-12-8-7-9-13-43;1-6-57-53-15-11-10-14-47(53)48-34-46(28-29-54(48)57)43-18-16-41(17-19-43)42-22-26-45(27-23-42)56-51-32-37(4)35(2)30-49(51)55(50-31-36(3)38(5)33-52(50)56)44-24-20-40(21-25-44)39-12-8-7-9-13-39/h7-38H,6H2,1-5H3;7-34H,6H2,1-5H3. The fourth-order valence-corrected chi connectivity index (χ4v) is 19.0. The molecule has 0 saturated heterocycles. The van der Waals surface area contributed by atoms with Crippen molar-refractivity contribution in [3.8, 4) is 122 Å². The summed E-state index contributed by atoms with van der Waals surface area (Å²) < 4.78 is 4.83. The second kappa shape index (κ2) is 30.7. The van der Waals surface area contributed by atoms with Crippen molar-refractivity contribution < 1.29 is 0 Å². The third kappa shape index (κ3) is 13.2. The molecule has 0 N–H and O–H groups in total. The van der Waals surface area contributed by atoms with Gasteiger partial charge in [0.25, 0.3) is 0 Å². The predicted molar refractivity (Wildman–Crippen MR) is 518 cm³/mol. The zero-order valence-corrected chi connectivity index (χ0v) is 69.9. The van der Waals surface area contributed by atoms with E-state index in [0.717, 1.165) is 13.1 Å². The summed E-state index contributed by atoms with van der Waals surface area (Å²) in [4.78, 5) is 0. The number of nitrogens with zero attached hydrogens (tertiary/aromatic N) is 2. The Hall–Kier alpha value is -14.2. The molecule has 0 saturated carbocycles. The smallest absolute Gasteiger partial charge is 0.0491 e. The van der Waals surface area contributed by atoms with E-state index in [2.05, 4.69) is 442 Å². The summed E-state index contributed by atoms with van der Waals surface area (Å²) in [6.07, 6.45) is 0. The Morgan fingerprint density at radius 3 is 0.525 bits per heavy atom. The molecule has 0 amide bonds. The summed E-state index contributed by atoms with van der Waals surface area (Å²) in [5.41, 5.74) is 43.0. The lowest BCUT2D eigenvalue weighted by Crippen LogP contribution is -1.95. The van der Waals surface area contributed by atoms with Crippen LogP contribution in [0.25, 0.3) is 209 Å². The van der Waals surface area contributed by atoms with Crippen LogP contribution in [0.3, 0.4) is 0 Å². The zero-order chi connectivity index (χ0) is 81.6. The van der Waals surface area contributed by atoms with E-state index in [-0.39, 0.29) is 0 Å². The molecule has 2 aromatic heterocycles. The molecular weight excluding hydrogens is 1450 g/mol. The Morgan fingerprint density at radius 1 is 0.142 bits per heavy atom. The van der Waals surface area contributed by atoms with Crippen molar-refractivity contribution in [2.24, 2.45) is 0 Å². The van der Waals surface area contributed by atoms with Crippen LogP contribution in [0.5, 0.6) is 0 Å². The summed E-state index contributed by atoms with van der Waals surface area (Å²) >= 11 is 0. The fourth-order valence-electron chi connectivity index (χ4n) is 19.0. The van der Waals surface area contributed by atoms with Gasteiger partial charge in [-0.1, -0.05) is 328 Å². The van der Waals surface area contributed by atoms with Gasteiger partial charge in [-0.05, 0) is 316 Å². The highest BCUT2D eigenvalue weighted by atomic mass is 15.0. The first-order valence-corrected chi connectivity index (χ1v) is 42.5. The molecule has 0 spiro atoms. The van der Waals surface area contributed by atoms with Gasteiger partial charge in [-0.25, -0.2) is 0 Å². The predicted octanol–water partition coefficient (Wildman–Crippen LogP) is 33.0. The molecule has 19 aromatic carbocycles. The topological polar surface area (TPSA) is 9.86 Å². The summed E-state index contributed by atoms with van der Waals surface area (Å²) in [7, 11) is 0. The van der Waals surface area contributed by atoms with Gasteiger partial charge in [0.15, 0.2) is 0 Å². The molecule has 120 heavy (non-hydrogen) atoms. The molecule has 0 aliphatic carbocycles. The monoisotopic (exact) mass is 1540 g/mol. The van der Waals surface area contributed by atoms with Gasteiger partial charge in [-0.15, -0.1) is 0 Å². The lowest BCUT2D eigenvalue weighted by molar-refractivity contribution is 0.827. The van der Waals surface area contributed by atoms with Gasteiger partial charge < -0.3 is 9.13 Å². The number of aryl methyl sites for hydroxylation is 10. The molecule has 21 aromatic rings. The molecule has 2 heteroatoms. The van der Waals surface area contributed by atoms with E-state index >= 15 is 0 Å². The number of fused-ring (bicyclic) bond motifs is 10. The van der Waals surface area contributed by atoms with E-state index < -0.39 is 0 Å². The number of hydrogen-bond acceptors (Lipinski definition) is 0. The highest BCUT2D eigenvalue weighted by Gasteiger charge is 2.24. The first-order valence-electron chi connectivity index (χ1n) is 42.5. The Balaban J connectivity index is 0.000000154. The molecular formula is C118H94N2. The van der Waals surface area contributed by atoms with Gasteiger partial charge in [-0.3, -0.25) is 0 Å². The Kier molecular flexibility index (Phi) is 19.1. The van der Waals surface area contributed by atoms with Crippen LogP contribution >= 0.6 is 0 Å². The molecule has 0 aliphatic rings. The van der Waals surface area contributed by atoms with Gasteiger partial charge in [0.05, 0.1) is 0 Å². The lowest BCUT2D eigenvalue weighted by Gasteiger charge is -2.21. The lowest BCUT2D eigenvalue weighted by atomic mass is 9.83. The summed E-state index contributed by atoms with van der Waals surface area (Å²) in [6.45, 7) is 24.3. The highest BCUT2D eigenvalue weighted by molar-refractivity contribution is 6.24. The second-order valence-corrected chi connectivity index (χ2v) is 33.2. The van der Waals surface area contributed by atoms with Crippen LogP contribution < -0.4 is 0 Å². The van der Waals surface area contributed by atoms with E-state index in [1.54, 1.807) is 0 Å². The van der Waals surface area contributed by atoms with Crippen LogP contribution in [0.1, 0.15) is 58.4 Å². The normalized spacial score (nSPS) is 11.7. The maximum Gasteiger partial charge on any atom is 0.0491 e. The van der Waals surface area contributed by atoms with E-state index in [0.29, 0.717) is 0 Å². The first-order chi connectivity index (χ1) is 58.7. The summed E-state index contributed by atoms with van der Waals surface area (Å²) in [5, 5.41) is 15.6. The third-order valence-electron chi connectivity index (χ3n) is 26.1. The number of hydrogen-bond donors (Lipinski definition) is 0. The maximum absolute atomic E-state index is 2.42. The molecule has 2 nitrogen and oxygen atoms in total. The average molecular weight is 1540 g/mol. The molecule has 0 fully saturated rings. The van der Waals surface area contributed by atoms with Gasteiger partial charge in [0, 0.05) is 56.7 Å². The van der Waals surface area contributed by atoms with Gasteiger partial charge in [-0.2, -0.15) is 0 Å². The van der Waals surface area contributed by atoms with Crippen LogP contribution in [0.15, 0.2) is 364 Å². The van der Waals surface area contributed by atoms with Crippen LogP contribution in [-0.2, 0) is 13.1 Å². The van der Waals surface area contributed by atoms with Gasteiger partial charge in [0.1, 0.15) is 0 Å². The van der Waals surface area contributed by atoms with Crippen LogP contribution in [0, 0.1) is 55.4 Å². The molecule has 0 atom stereocenters. The SMILES string of the molecule is CCn1c2ccccc2c2cc(-c3ccc(-c4ccc(-c5c6cc(C)c(C)cc6c(-c6ccc(-c7ccc(-c8ccccc8)cc7)cc6)c6cc(C)c(C)cc56)cc4)cc3)ccc21.CCn1c2ccccc2c2cc(-c3ccc(-c4ccc(-c5c6cc(C)c(C)cc6c(-c6ccc(-c7ccccc7)cc6)c6cc(C)c(C)cc56)cc4)cc3)ccc21. The van der Waals surface area contributed by atoms with Crippen LogP contribution in [0.2, 0.25) is 0 Å². The maximum atomic E-state index is 2.42. The van der Waals surface area contributed by atoms with Crippen molar-refractivity contribution in [3.05, 3.63) is 408 Å². The van der Waals surface area contributed by atoms with E-state index in [1.807, 2.05) is 0 Å². The minimum Gasteiger partial charge on any atom is -0.341 e. The van der Waals surface area contributed by atoms with E-state index in [1.165, 1.54) is 254 Å². The van der Waals surface area contributed by atoms with E-state index in [9.17, 15) is 0 Å². The van der Waals surface area contributed by atoms with Gasteiger partial charge >= 0.3 is 0 Å². The number of rotatable bonds is 13. The summed E-state index contributed by atoms with van der Waals surface area (Å²) in [5.74, 6) is 0. The Bertz CT molecular complexity index is 7430. The van der Waals surface area contributed by atoms with Crippen molar-refractivity contribution >= 4 is 86.7 Å². The average Bonchev–Trinajstić information content (AvgIpc) is 0.967. The number of para-hydroxylation sites is 2. The largest absolute Gasteiger partial charge is 0.341 e. The molecule has 0 bridgehead atoms. The quantitative estimate of drug-likeness (QED) is 0.102. The molecule has 21 rings (SSSR count).